The molecule has 3 rings (SSSR count). The molecule has 0 unspecified atom stereocenters. The van der Waals surface area contributed by atoms with Crippen molar-refractivity contribution in [2.75, 3.05) is 13.1 Å². The van der Waals surface area contributed by atoms with Gasteiger partial charge in [-0.1, -0.05) is 18.2 Å². The van der Waals surface area contributed by atoms with Crippen LogP contribution in [0.25, 0.3) is 11.4 Å². The predicted octanol–water partition coefficient (Wildman–Crippen LogP) is 5.56. The highest BCUT2D eigenvalue weighted by atomic mass is 127. The third-order valence-electron chi connectivity index (χ3n) is 5.75. The number of halogens is 1. The number of hydrogen-bond donors (Lipinski definition) is 0. The fraction of sp³-hybridized carbons (Fsp3) is 0.485. The summed E-state index contributed by atoms with van der Waals surface area (Å²) in [6.07, 6.45) is 1.23. The Morgan fingerprint density at radius 3 is 1.83 bits per heavy atom. The summed E-state index contributed by atoms with van der Waals surface area (Å²) < 4.78 is 23.9. The molecule has 0 aliphatic rings. The van der Waals surface area contributed by atoms with Crippen LogP contribution in [0.2, 0.25) is 0 Å². The molecule has 46 heavy (non-hydrogen) atoms. The molecule has 0 saturated carbocycles. The molecule has 0 bridgehead atoms. The van der Waals surface area contributed by atoms with Crippen molar-refractivity contribution in [1.29, 1.82) is 0 Å². The molecule has 13 heteroatoms. The Hall–Kier alpha value is -3.72. The van der Waals surface area contributed by atoms with Crippen LogP contribution in [0.5, 0.6) is 5.75 Å². The first kappa shape index (κ1) is 36.7. The average molecular weight is 748 g/mol. The summed E-state index contributed by atoms with van der Waals surface area (Å²) >= 11 is 2.14. The van der Waals surface area contributed by atoms with Crippen LogP contribution in [0, 0.1) is 3.57 Å². The quantitative estimate of drug-likeness (QED) is 0.138. The minimum Gasteiger partial charge on any atom is -0.489 e. The van der Waals surface area contributed by atoms with E-state index in [4.69, 9.17) is 18.9 Å². The smallest absolute Gasteiger partial charge is 0.339 e. The van der Waals surface area contributed by atoms with Crippen LogP contribution >= 0.6 is 22.6 Å². The van der Waals surface area contributed by atoms with E-state index in [1.807, 2.05) is 32.9 Å². The number of hydrogen-bond acceptors (Lipinski definition) is 12. The Kier molecular flexibility index (Phi) is 12.2. The number of ether oxygens (including phenoxy) is 4. The third kappa shape index (κ3) is 12.6. The van der Waals surface area contributed by atoms with Gasteiger partial charge in [-0.15, -0.1) is 20.4 Å². The Labute approximate surface area is 283 Å². The van der Waals surface area contributed by atoms with E-state index in [0.717, 1.165) is 3.57 Å². The van der Waals surface area contributed by atoms with Gasteiger partial charge in [-0.3, -0.25) is 14.5 Å². The van der Waals surface area contributed by atoms with Gasteiger partial charge in [-0.2, -0.15) is 0 Å². The summed E-state index contributed by atoms with van der Waals surface area (Å²) in [6.45, 7) is 15.9. The zero-order valence-corrected chi connectivity index (χ0v) is 30.0. The standard InChI is InChI=1S/C33H42IN5O7/c1-31(2,3)44-27(40)17-39(18-28(41)45-32(4,5)6)16-22-11-10-21(29-37-35-20-36-38-29)14-26(22)43-19-23-12-13-24(34)15-25(23)30(42)46-33(7,8)9/h10-15,20H,16-19H2,1-9H3. The lowest BCUT2D eigenvalue weighted by Gasteiger charge is -2.27. The van der Waals surface area contributed by atoms with Crippen molar-refractivity contribution in [1.82, 2.24) is 25.3 Å². The molecule has 0 radical (unpaired) electrons. The minimum atomic E-state index is -0.707. The van der Waals surface area contributed by atoms with E-state index >= 15 is 0 Å². The molecule has 0 aliphatic carbocycles. The van der Waals surface area contributed by atoms with Gasteiger partial charge in [0.2, 0.25) is 5.82 Å². The fourth-order valence-electron chi connectivity index (χ4n) is 4.15. The molecule has 0 N–H and O–H groups in total. The van der Waals surface area contributed by atoms with Gasteiger partial charge in [0.1, 0.15) is 29.2 Å². The Morgan fingerprint density at radius 1 is 0.739 bits per heavy atom. The summed E-state index contributed by atoms with van der Waals surface area (Å²) in [7, 11) is 0. The Bertz CT molecular complexity index is 1500. The second-order valence-electron chi connectivity index (χ2n) is 13.6. The zero-order chi connectivity index (χ0) is 34.3. The lowest BCUT2D eigenvalue weighted by atomic mass is 10.1. The van der Waals surface area contributed by atoms with Crippen molar-refractivity contribution < 1.29 is 33.3 Å². The fourth-order valence-corrected chi connectivity index (χ4v) is 4.64. The molecular weight excluding hydrogens is 705 g/mol. The van der Waals surface area contributed by atoms with E-state index in [0.29, 0.717) is 28.0 Å². The Morgan fingerprint density at radius 2 is 1.28 bits per heavy atom. The van der Waals surface area contributed by atoms with Gasteiger partial charge < -0.3 is 18.9 Å². The van der Waals surface area contributed by atoms with Crippen LogP contribution in [-0.2, 0) is 37.0 Å². The molecule has 1 aromatic heterocycles. The van der Waals surface area contributed by atoms with E-state index in [9.17, 15) is 14.4 Å². The molecule has 3 aromatic rings. The topological polar surface area (TPSA) is 143 Å². The van der Waals surface area contributed by atoms with Gasteiger partial charge >= 0.3 is 17.9 Å². The predicted molar refractivity (Wildman–Crippen MR) is 179 cm³/mol. The molecule has 0 fully saturated rings. The molecule has 0 atom stereocenters. The number of nitrogens with zero attached hydrogens (tertiary/aromatic N) is 5. The normalized spacial score (nSPS) is 12.1. The summed E-state index contributed by atoms with van der Waals surface area (Å²) in [4.78, 5) is 40.5. The second kappa shape index (κ2) is 15.2. The van der Waals surface area contributed by atoms with Crippen molar-refractivity contribution in [2.24, 2.45) is 0 Å². The van der Waals surface area contributed by atoms with E-state index in [-0.39, 0.29) is 32.1 Å². The van der Waals surface area contributed by atoms with Crippen molar-refractivity contribution in [2.45, 2.75) is 92.3 Å². The molecule has 0 amide bonds. The first-order chi connectivity index (χ1) is 21.3. The summed E-state index contributed by atoms with van der Waals surface area (Å²) in [6, 6.07) is 10.7. The monoisotopic (exact) mass is 747 g/mol. The van der Waals surface area contributed by atoms with Gasteiger partial charge in [-0.05, 0) is 103 Å². The largest absolute Gasteiger partial charge is 0.489 e. The summed E-state index contributed by atoms with van der Waals surface area (Å²) in [5, 5.41) is 15.7. The molecule has 248 valence electrons. The highest BCUT2D eigenvalue weighted by Gasteiger charge is 2.25. The van der Waals surface area contributed by atoms with Crippen LogP contribution in [0.4, 0.5) is 0 Å². The van der Waals surface area contributed by atoms with Gasteiger partial charge in [0, 0.05) is 26.8 Å². The summed E-state index contributed by atoms with van der Waals surface area (Å²) in [5.74, 6) is -0.759. The lowest BCUT2D eigenvalue weighted by molar-refractivity contribution is -0.160. The number of rotatable bonds is 11. The van der Waals surface area contributed by atoms with Gasteiger partial charge in [0.05, 0.1) is 18.7 Å². The van der Waals surface area contributed by atoms with Crippen LogP contribution in [0.3, 0.4) is 0 Å². The Balaban J connectivity index is 1.99. The van der Waals surface area contributed by atoms with E-state index in [1.165, 1.54) is 6.33 Å². The molecule has 0 spiro atoms. The van der Waals surface area contributed by atoms with Crippen LogP contribution in [0.15, 0.2) is 42.7 Å². The first-order valence-corrected chi connectivity index (χ1v) is 15.8. The molecule has 0 aliphatic heterocycles. The van der Waals surface area contributed by atoms with Crippen molar-refractivity contribution in [3.63, 3.8) is 0 Å². The first-order valence-electron chi connectivity index (χ1n) is 14.7. The van der Waals surface area contributed by atoms with Crippen molar-refractivity contribution >= 4 is 40.5 Å². The second-order valence-corrected chi connectivity index (χ2v) is 14.8. The zero-order valence-electron chi connectivity index (χ0n) is 27.8. The number of benzene rings is 2. The maximum absolute atomic E-state index is 13.1. The van der Waals surface area contributed by atoms with Crippen LogP contribution in [0.1, 0.15) is 83.8 Å². The molecular formula is C33H42IN5O7. The van der Waals surface area contributed by atoms with Crippen LogP contribution in [-0.4, -0.2) is 73.1 Å². The highest BCUT2D eigenvalue weighted by Crippen LogP contribution is 2.29. The van der Waals surface area contributed by atoms with Crippen LogP contribution < -0.4 is 4.74 Å². The van der Waals surface area contributed by atoms with Crippen molar-refractivity contribution in [3.05, 3.63) is 63.0 Å². The van der Waals surface area contributed by atoms with E-state index in [2.05, 4.69) is 43.0 Å². The van der Waals surface area contributed by atoms with Gasteiger partial charge in [0.15, 0.2) is 6.33 Å². The number of aromatic nitrogens is 4. The SMILES string of the molecule is CC(C)(C)OC(=O)CN(CC(=O)OC(C)(C)C)Cc1ccc(-c2nncnn2)cc1OCc1ccc(I)cc1C(=O)OC(C)(C)C. The highest BCUT2D eigenvalue weighted by molar-refractivity contribution is 14.1. The van der Waals surface area contributed by atoms with Gasteiger partial charge in [-0.25, -0.2) is 4.79 Å². The maximum Gasteiger partial charge on any atom is 0.339 e. The van der Waals surface area contributed by atoms with E-state index in [1.54, 1.807) is 70.7 Å². The number of carbonyl (C=O) groups excluding carboxylic acids is 3. The summed E-state index contributed by atoms with van der Waals surface area (Å²) in [5.41, 5.74) is 0.142. The lowest BCUT2D eigenvalue weighted by Crippen LogP contribution is -2.39. The number of carbonyl (C=O) groups is 3. The molecule has 12 nitrogen and oxygen atoms in total. The number of esters is 3. The minimum absolute atomic E-state index is 0.0201. The average Bonchev–Trinajstić information content (AvgIpc) is 2.90. The van der Waals surface area contributed by atoms with Gasteiger partial charge in [0.25, 0.3) is 0 Å². The van der Waals surface area contributed by atoms with Crippen molar-refractivity contribution in [3.8, 4) is 17.1 Å². The third-order valence-corrected chi connectivity index (χ3v) is 6.42. The maximum atomic E-state index is 13.1. The molecule has 1 heterocycles. The van der Waals surface area contributed by atoms with E-state index < -0.39 is 34.7 Å². The molecule has 2 aromatic carbocycles. The molecule has 0 saturated heterocycles.